The zero-order chi connectivity index (χ0) is 27.6. The molecule has 0 saturated heterocycles. The summed E-state index contributed by atoms with van der Waals surface area (Å²) in [5, 5.41) is 6.65. The Balaban J connectivity index is 1.65. The minimum absolute atomic E-state index is 0.0456. The van der Waals surface area contributed by atoms with Crippen molar-refractivity contribution in [3.05, 3.63) is 95.2 Å². The van der Waals surface area contributed by atoms with Crippen LogP contribution in [0.15, 0.2) is 84.1 Å². The number of carbonyl (C=O) groups is 2. The van der Waals surface area contributed by atoms with Gasteiger partial charge in [0.1, 0.15) is 11.5 Å². The number of benzene rings is 3. The molecule has 3 aromatic carbocycles. The number of ketones is 1. The van der Waals surface area contributed by atoms with Crippen LogP contribution in [0, 0.1) is 5.41 Å². The lowest BCUT2D eigenvalue weighted by molar-refractivity contribution is -0.121. The summed E-state index contributed by atoms with van der Waals surface area (Å²) in [4.78, 5) is 29.4. The molecule has 0 spiro atoms. The topological polar surface area (TPSA) is 79.9 Å². The van der Waals surface area contributed by atoms with Crippen LogP contribution in [-0.2, 0) is 16.1 Å². The van der Waals surface area contributed by atoms with E-state index in [1.807, 2.05) is 77.7 Å². The van der Waals surface area contributed by atoms with Crippen LogP contribution in [0.5, 0.6) is 11.5 Å². The van der Waals surface area contributed by atoms with Crippen LogP contribution in [0.25, 0.3) is 0 Å². The van der Waals surface area contributed by atoms with Crippen molar-refractivity contribution in [3.63, 3.8) is 0 Å². The Morgan fingerprint density at radius 1 is 1.00 bits per heavy atom. The first kappa shape index (κ1) is 26.4. The molecule has 2 N–H and O–H groups in total. The van der Waals surface area contributed by atoms with Crippen molar-refractivity contribution in [2.75, 3.05) is 31.0 Å². The number of methoxy groups -OCH3 is 2. The fourth-order valence-electron chi connectivity index (χ4n) is 5.61. The maximum atomic E-state index is 13.9. The Labute approximate surface area is 229 Å². The van der Waals surface area contributed by atoms with Crippen molar-refractivity contribution in [2.45, 2.75) is 39.3 Å². The van der Waals surface area contributed by atoms with E-state index in [0.717, 1.165) is 28.2 Å². The molecule has 7 heteroatoms. The predicted octanol–water partition coefficient (Wildman–Crippen LogP) is 5.64. The van der Waals surface area contributed by atoms with E-state index in [2.05, 4.69) is 24.5 Å². The Morgan fingerprint density at radius 2 is 1.74 bits per heavy atom. The molecule has 39 heavy (non-hydrogen) atoms. The predicted molar refractivity (Wildman–Crippen MR) is 153 cm³/mol. The summed E-state index contributed by atoms with van der Waals surface area (Å²) in [6, 6.07) is 22.7. The maximum absolute atomic E-state index is 13.9. The van der Waals surface area contributed by atoms with Crippen LogP contribution < -0.4 is 25.0 Å². The number of para-hydroxylation sites is 2. The van der Waals surface area contributed by atoms with E-state index in [1.165, 1.54) is 0 Å². The first-order valence-electron chi connectivity index (χ1n) is 13.2. The molecule has 0 bridgehead atoms. The molecule has 0 radical (unpaired) electrons. The molecular weight excluding hydrogens is 490 g/mol. The lowest BCUT2D eigenvalue weighted by Gasteiger charge is -2.38. The van der Waals surface area contributed by atoms with Crippen molar-refractivity contribution >= 4 is 23.1 Å². The molecule has 0 aromatic heterocycles. The number of Topliss-reactive ketones (excluding diaryl/α,β-unsaturated/α-hetero) is 1. The van der Waals surface area contributed by atoms with Gasteiger partial charge in [0.15, 0.2) is 5.78 Å². The molecule has 1 aliphatic carbocycles. The average molecular weight is 526 g/mol. The zero-order valence-corrected chi connectivity index (χ0v) is 22.9. The molecule has 7 nitrogen and oxygen atoms in total. The van der Waals surface area contributed by atoms with Gasteiger partial charge in [-0.25, -0.2) is 0 Å². The minimum atomic E-state index is -0.563. The molecule has 1 heterocycles. The quantitative estimate of drug-likeness (QED) is 0.416. The Bertz CT molecular complexity index is 1410. The number of anilines is 2. The first-order chi connectivity index (χ1) is 18.8. The number of amides is 1. The second kappa shape index (κ2) is 10.8. The zero-order valence-electron chi connectivity index (χ0n) is 22.9. The molecule has 0 fully saturated rings. The summed E-state index contributed by atoms with van der Waals surface area (Å²) in [7, 11) is 3.23. The second-order valence-electron chi connectivity index (χ2n) is 10.9. The van der Waals surface area contributed by atoms with E-state index in [-0.39, 0.29) is 23.7 Å². The van der Waals surface area contributed by atoms with Gasteiger partial charge in [-0.05, 0) is 47.7 Å². The highest BCUT2D eigenvalue weighted by molar-refractivity contribution is 6.02. The third-order valence-corrected chi connectivity index (χ3v) is 7.38. The number of fused-ring (bicyclic) bond motifs is 1. The van der Waals surface area contributed by atoms with Gasteiger partial charge in [0.05, 0.1) is 38.2 Å². The van der Waals surface area contributed by atoms with Crippen molar-refractivity contribution in [2.24, 2.45) is 5.41 Å². The van der Waals surface area contributed by atoms with Gasteiger partial charge in [0.25, 0.3) is 0 Å². The largest absolute Gasteiger partial charge is 0.497 e. The highest BCUT2D eigenvalue weighted by Crippen LogP contribution is 2.50. The summed E-state index contributed by atoms with van der Waals surface area (Å²) in [5.74, 6) is 1.19. The molecule has 0 saturated carbocycles. The van der Waals surface area contributed by atoms with Gasteiger partial charge >= 0.3 is 0 Å². The normalized spacial score (nSPS) is 17.9. The van der Waals surface area contributed by atoms with E-state index in [1.54, 1.807) is 14.2 Å². The summed E-state index contributed by atoms with van der Waals surface area (Å²) >= 11 is 0. The molecule has 5 rings (SSSR count). The number of allylic oxidation sites excluding steroid dienone is 1. The van der Waals surface area contributed by atoms with Gasteiger partial charge in [0.2, 0.25) is 5.91 Å². The van der Waals surface area contributed by atoms with Crippen LogP contribution in [0.3, 0.4) is 0 Å². The van der Waals surface area contributed by atoms with Crippen LogP contribution in [0.4, 0.5) is 11.4 Å². The van der Waals surface area contributed by atoms with Crippen LogP contribution >= 0.6 is 0 Å². The standard InChI is InChI=1S/C32H35N3O4/c1-32(2)17-25-30(27(36)18-32)31(23-16-22(38-3)14-15-28(23)39-4)35(26-13-9-8-12-24(26)34-25)20-29(37)33-19-21-10-6-5-7-11-21/h5-16,31,34H,17-20H2,1-4H3,(H,33,37). The van der Waals surface area contributed by atoms with Gasteiger partial charge in [0, 0.05) is 29.8 Å². The van der Waals surface area contributed by atoms with Crippen LogP contribution in [-0.4, -0.2) is 32.5 Å². The molecular formula is C32H35N3O4. The average Bonchev–Trinajstić information content (AvgIpc) is 3.05. The van der Waals surface area contributed by atoms with Gasteiger partial charge < -0.3 is 25.0 Å². The summed E-state index contributed by atoms with van der Waals surface area (Å²) in [5.41, 5.74) is 4.83. The van der Waals surface area contributed by atoms with Gasteiger partial charge in [-0.3, -0.25) is 9.59 Å². The summed E-state index contributed by atoms with van der Waals surface area (Å²) < 4.78 is 11.4. The molecule has 1 amide bonds. The van der Waals surface area contributed by atoms with E-state index in [0.29, 0.717) is 36.5 Å². The Hall–Kier alpha value is -4.26. The fraction of sp³-hybridized carbons (Fsp3) is 0.312. The number of hydrogen-bond acceptors (Lipinski definition) is 6. The number of ether oxygens (including phenoxy) is 2. The monoisotopic (exact) mass is 525 g/mol. The summed E-state index contributed by atoms with van der Waals surface area (Å²) in [6.45, 7) is 4.69. The van der Waals surface area contributed by atoms with E-state index >= 15 is 0 Å². The lowest BCUT2D eigenvalue weighted by atomic mass is 9.73. The van der Waals surface area contributed by atoms with Gasteiger partial charge in [-0.1, -0.05) is 56.3 Å². The number of rotatable bonds is 7. The second-order valence-corrected chi connectivity index (χ2v) is 10.9. The van der Waals surface area contributed by atoms with Gasteiger partial charge in [-0.15, -0.1) is 0 Å². The number of nitrogens with one attached hydrogen (secondary N) is 2. The molecule has 2 aliphatic rings. The Morgan fingerprint density at radius 3 is 2.49 bits per heavy atom. The Kier molecular flexibility index (Phi) is 7.33. The van der Waals surface area contributed by atoms with E-state index in [9.17, 15) is 9.59 Å². The van der Waals surface area contributed by atoms with Crippen molar-refractivity contribution < 1.29 is 19.1 Å². The third kappa shape index (κ3) is 5.48. The highest BCUT2D eigenvalue weighted by atomic mass is 16.5. The third-order valence-electron chi connectivity index (χ3n) is 7.38. The number of hydrogen-bond donors (Lipinski definition) is 2. The van der Waals surface area contributed by atoms with E-state index < -0.39 is 6.04 Å². The van der Waals surface area contributed by atoms with Crippen molar-refractivity contribution in [1.29, 1.82) is 0 Å². The van der Waals surface area contributed by atoms with Crippen LogP contribution in [0.1, 0.15) is 43.9 Å². The van der Waals surface area contributed by atoms with Crippen molar-refractivity contribution in [1.82, 2.24) is 5.32 Å². The SMILES string of the molecule is COc1ccc(OC)c(C2C3=C(CC(C)(C)CC3=O)Nc3ccccc3N2CC(=O)NCc2ccccc2)c1. The number of nitrogens with zero attached hydrogens (tertiary/aromatic N) is 1. The highest BCUT2D eigenvalue weighted by Gasteiger charge is 2.42. The molecule has 1 unspecified atom stereocenters. The smallest absolute Gasteiger partial charge is 0.239 e. The lowest BCUT2D eigenvalue weighted by Crippen LogP contribution is -2.42. The number of carbonyl (C=O) groups excluding carboxylic acids is 2. The molecule has 1 aliphatic heterocycles. The molecule has 202 valence electrons. The van der Waals surface area contributed by atoms with Gasteiger partial charge in [-0.2, -0.15) is 0 Å². The summed E-state index contributed by atoms with van der Waals surface area (Å²) in [6.07, 6.45) is 1.12. The minimum Gasteiger partial charge on any atom is -0.497 e. The molecule has 1 atom stereocenters. The van der Waals surface area contributed by atoms with Crippen molar-refractivity contribution in [3.8, 4) is 11.5 Å². The fourth-order valence-corrected chi connectivity index (χ4v) is 5.61. The maximum Gasteiger partial charge on any atom is 0.239 e. The van der Waals surface area contributed by atoms with Crippen LogP contribution in [0.2, 0.25) is 0 Å². The van der Waals surface area contributed by atoms with E-state index in [4.69, 9.17) is 9.47 Å². The molecule has 3 aromatic rings. The first-order valence-corrected chi connectivity index (χ1v) is 13.2.